The van der Waals surface area contributed by atoms with Gasteiger partial charge in [0.2, 0.25) is 0 Å². The second-order valence-corrected chi connectivity index (χ2v) is 4.89. The van der Waals surface area contributed by atoms with E-state index in [-0.39, 0.29) is 0 Å². The second kappa shape index (κ2) is 5.58. The van der Waals surface area contributed by atoms with Gasteiger partial charge in [-0.05, 0) is 38.7 Å². The SMILES string of the molecule is Cc1ccc(OC2CCCCC2)c(CCl)c1. The Morgan fingerprint density at radius 1 is 1.25 bits per heavy atom. The fourth-order valence-corrected chi connectivity index (χ4v) is 2.50. The Bertz CT molecular complexity index is 343. The molecule has 0 spiro atoms. The topological polar surface area (TPSA) is 9.23 Å². The van der Waals surface area contributed by atoms with Gasteiger partial charge in [0, 0.05) is 5.56 Å². The lowest BCUT2D eigenvalue weighted by Gasteiger charge is -2.24. The highest BCUT2D eigenvalue weighted by molar-refractivity contribution is 6.17. The van der Waals surface area contributed by atoms with Crippen molar-refractivity contribution < 1.29 is 4.74 Å². The molecule has 1 aliphatic rings. The first-order valence-corrected chi connectivity index (χ1v) is 6.65. The van der Waals surface area contributed by atoms with E-state index in [1.54, 1.807) is 0 Å². The Morgan fingerprint density at radius 3 is 2.69 bits per heavy atom. The third-order valence-electron chi connectivity index (χ3n) is 3.21. The Kier molecular flexibility index (Phi) is 4.11. The minimum absolute atomic E-state index is 0.401. The maximum absolute atomic E-state index is 6.05. The van der Waals surface area contributed by atoms with Crippen LogP contribution in [0.5, 0.6) is 5.75 Å². The van der Waals surface area contributed by atoms with Crippen LogP contribution in [0.1, 0.15) is 43.2 Å². The number of hydrogen-bond acceptors (Lipinski definition) is 1. The monoisotopic (exact) mass is 238 g/mol. The van der Waals surface area contributed by atoms with E-state index in [1.165, 1.54) is 37.7 Å². The van der Waals surface area contributed by atoms with Crippen molar-refractivity contribution >= 4 is 11.6 Å². The van der Waals surface area contributed by atoms with E-state index < -0.39 is 0 Å². The zero-order valence-electron chi connectivity index (χ0n) is 9.84. The van der Waals surface area contributed by atoms with Crippen LogP contribution in [-0.4, -0.2) is 6.10 Å². The van der Waals surface area contributed by atoms with Crippen LogP contribution in [0.2, 0.25) is 0 Å². The van der Waals surface area contributed by atoms with Gasteiger partial charge in [0.1, 0.15) is 5.75 Å². The Balaban J connectivity index is 2.07. The highest BCUT2D eigenvalue weighted by Crippen LogP contribution is 2.27. The van der Waals surface area contributed by atoms with Crippen molar-refractivity contribution in [1.82, 2.24) is 0 Å². The predicted molar refractivity (Wildman–Crippen MR) is 68.2 cm³/mol. The van der Waals surface area contributed by atoms with Crippen LogP contribution in [0.4, 0.5) is 0 Å². The number of aryl methyl sites for hydroxylation is 1. The summed E-state index contributed by atoms with van der Waals surface area (Å²) in [4.78, 5) is 0. The number of alkyl halides is 1. The number of rotatable bonds is 3. The van der Waals surface area contributed by atoms with Gasteiger partial charge in [0.05, 0.1) is 12.0 Å². The van der Waals surface area contributed by atoms with Crippen LogP contribution in [0.3, 0.4) is 0 Å². The lowest BCUT2D eigenvalue weighted by molar-refractivity contribution is 0.154. The number of hydrogen-bond donors (Lipinski definition) is 0. The molecule has 1 saturated carbocycles. The molecule has 1 fully saturated rings. The molecule has 1 aromatic carbocycles. The van der Waals surface area contributed by atoms with E-state index in [9.17, 15) is 0 Å². The number of ether oxygens (including phenoxy) is 1. The largest absolute Gasteiger partial charge is 0.490 e. The van der Waals surface area contributed by atoms with Gasteiger partial charge in [-0.15, -0.1) is 11.6 Å². The first kappa shape index (κ1) is 11.8. The molecule has 0 aromatic heterocycles. The average Bonchev–Trinajstić information content (AvgIpc) is 2.33. The lowest BCUT2D eigenvalue weighted by Crippen LogP contribution is -2.20. The van der Waals surface area contributed by atoms with E-state index in [0.29, 0.717) is 12.0 Å². The molecule has 0 N–H and O–H groups in total. The van der Waals surface area contributed by atoms with Crippen molar-refractivity contribution in [3.05, 3.63) is 29.3 Å². The Morgan fingerprint density at radius 2 is 2.00 bits per heavy atom. The van der Waals surface area contributed by atoms with E-state index in [4.69, 9.17) is 16.3 Å². The highest BCUT2D eigenvalue weighted by Gasteiger charge is 2.16. The molecular formula is C14H19ClO. The first-order valence-electron chi connectivity index (χ1n) is 6.12. The smallest absolute Gasteiger partial charge is 0.124 e. The minimum atomic E-state index is 0.401. The predicted octanol–water partition coefficient (Wildman–Crippen LogP) is 4.45. The van der Waals surface area contributed by atoms with Crippen LogP contribution in [0, 0.1) is 6.92 Å². The van der Waals surface area contributed by atoms with Gasteiger partial charge < -0.3 is 4.74 Å². The van der Waals surface area contributed by atoms with Crippen molar-refractivity contribution in [2.45, 2.75) is 51.0 Å². The maximum Gasteiger partial charge on any atom is 0.124 e. The van der Waals surface area contributed by atoms with Crippen molar-refractivity contribution in [1.29, 1.82) is 0 Å². The molecule has 0 heterocycles. The summed E-state index contributed by atoms with van der Waals surface area (Å²) in [7, 11) is 0. The fraction of sp³-hybridized carbons (Fsp3) is 0.571. The summed E-state index contributed by atoms with van der Waals surface area (Å²) < 4.78 is 6.05. The zero-order chi connectivity index (χ0) is 11.4. The average molecular weight is 239 g/mol. The van der Waals surface area contributed by atoms with Crippen LogP contribution >= 0.6 is 11.6 Å². The Labute approximate surface area is 103 Å². The van der Waals surface area contributed by atoms with Crippen LogP contribution in [0.15, 0.2) is 18.2 Å². The zero-order valence-corrected chi connectivity index (χ0v) is 10.6. The molecule has 0 atom stereocenters. The summed E-state index contributed by atoms with van der Waals surface area (Å²) in [5, 5.41) is 0. The highest BCUT2D eigenvalue weighted by atomic mass is 35.5. The molecule has 1 aliphatic carbocycles. The minimum Gasteiger partial charge on any atom is -0.490 e. The summed E-state index contributed by atoms with van der Waals surface area (Å²) in [6.07, 6.45) is 6.74. The van der Waals surface area contributed by atoms with E-state index in [2.05, 4.69) is 25.1 Å². The number of halogens is 1. The molecule has 0 amide bonds. The fourth-order valence-electron chi connectivity index (χ4n) is 2.29. The van der Waals surface area contributed by atoms with Gasteiger partial charge in [-0.25, -0.2) is 0 Å². The Hall–Kier alpha value is -0.690. The van der Waals surface area contributed by atoms with E-state index >= 15 is 0 Å². The van der Waals surface area contributed by atoms with Crippen molar-refractivity contribution in [3.63, 3.8) is 0 Å². The molecule has 0 aliphatic heterocycles. The van der Waals surface area contributed by atoms with Crippen molar-refractivity contribution in [2.24, 2.45) is 0 Å². The summed E-state index contributed by atoms with van der Waals surface area (Å²) in [5.41, 5.74) is 2.36. The molecule has 2 heteroatoms. The standard InChI is InChI=1S/C14H19ClO/c1-11-7-8-14(12(9-11)10-15)16-13-5-3-2-4-6-13/h7-9,13H,2-6,10H2,1H3. The number of benzene rings is 1. The third-order valence-corrected chi connectivity index (χ3v) is 3.49. The lowest BCUT2D eigenvalue weighted by atomic mass is 9.97. The first-order chi connectivity index (χ1) is 7.79. The van der Waals surface area contributed by atoms with Gasteiger partial charge in [0.25, 0.3) is 0 Å². The van der Waals surface area contributed by atoms with Crippen molar-refractivity contribution in [3.8, 4) is 5.75 Å². The van der Waals surface area contributed by atoms with E-state index in [1.807, 2.05) is 0 Å². The molecule has 16 heavy (non-hydrogen) atoms. The van der Waals surface area contributed by atoms with Gasteiger partial charge in [-0.1, -0.05) is 24.1 Å². The summed E-state index contributed by atoms with van der Waals surface area (Å²) in [5.74, 6) is 1.51. The second-order valence-electron chi connectivity index (χ2n) is 4.62. The quantitative estimate of drug-likeness (QED) is 0.708. The molecule has 0 unspecified atom stereocenters. The van der Waals surface area contributed by atoms with Crippen LogP contribution in [-0.2, 0) is 5.88 Å². The molecule has 0 saturated heterocycles. The van der Waals surface area contributed by atoms with Crippen LogP contribution in [0.25, 0.3) is 0 Å². The van der Waals surface area contributed by atoms with Crippen molar-refractivity contribution in [2.75, 3.05) is 0 Å². The molecule has 0 bridgehead atoms. The van der Waals surface area contributed by atoms with Gasteiger partial charge >= 0.3 is 0 Å². The van der Waals surface area contributed by atoms with Crippen LogP contribution < -0.4 is 4.74 Å². The molecule has 0 radical (unpaired) electrons. The van der Waals surface area contributed by atoms with E-state index in [0.717, 1.165) is 11.3 Å². The van der Waals surface area contributed by atoms with Gasteiger partial charge in [-0.3, -0.25) is 0 Å². The summed E-state index contributed by atoms with van der Waals surface area (Å²) >= 11 is 5.94. The maximum atomic E-state index is 6.05. The molecule has 1 aromatic rings. The normalized spacial score (nSPS) is 17.4. The summed E-state index contributed by atoms with van der Waals surface area (Å²) in [6.45, 7) is 2.08. The molecular weight excluding hydrogens is 220 g/mol. The summed E-state index contributed by atoms with van der Waals surface area (Å²) in [6, 6.07) is 6.26. The molecule has 1 nitrogen and oxygen atoms in total. The third kappa shape index (κ3) is 2.91. The van der Waals surface area contributed by atoms with Gasteiger partial charge in [0.15, 0.2) is 0 Å². The molecule has 88 valence electrons. The van der Waals surface area contributed by atoms with Gasteiger partial charge in [-0.2, -0.15) is 0 Å². The molecule has 2 rings (SSSR count).